The van der Waals surface area contributed by atoms with Crippen LogP contribution in [0.5, 0.6) is 0 Å². The Bertz CT molecular complexity index is 651. The van der Waals surface area contributed by atoms with Crippen molar-refractivity contribution in [2.24, 2.45) is 23.7 Å². The van der Waals surface area contributed by atoms with Gasteiger partial charge in [-0.25, -0.2) is 0 Å². The summed E-state index contributed by atoms with van der Waals surface area (Å²) in [4.78, 5) is 20.6. The fraction of sp³-hybridized carbons (Fsp3) is 0.700. The molecule has 158 valence electrons. The summed E-state index contributed by atoms with van der Waals surface area (Å²) in [6, 6.07) is 1.99. The highest BCUT2D eigenvalue weighted by Gasteiger charge is 2.22. The van der Waals surface area contributed by atoms with Crippen LogP contribution in [0.2, 0.25) is 5.02 Å². The number of unbranched alkanes of at least 4 members (excludes halogenated alkanes) is 1. The molecule has 2 heterocycles. The monoisotopic (exact) mass is 410 g/mol. The van der Waals surface area contributed by atoms with Gasteiger partial charge in [-0.2, -0.15) is 0 Å². The highest BCUT2D eigenvalue weighted by atomic mass is 35.5. The largest absolute Gasteiger partial charge is 0.369 e. The number of hydrogen-bond donors (Lipinski definition) is 2. The van der Waals surface area contributed by atoms with Gasteiger partial charge >= 0.3 is 0 Å². The van der Waals surface area contributed by atoms with E-state index < -0.39 is 0 Å². The molecular weight excluding hydrogens is 376 g/mol. The number of nitrogens with one attached hydrogen (secondary N) is 1. The predicted octanol–water partition coefficient (Wildman–Crippen LogP) is 2.05. The molecule has 7 nitrogen and oxygen atoms in total. The Hall–Kier alpha value is -1.73. The number of aryl methyl sites for hydroxylation is 1. The number of nitrogens with two attached hydrogens (primary N) is 1. The second kappa shape index (κ2) is 11.3. The summed E-state index contributed by atoms with van der Waals surface area (Å²) in [6.07, 6.45) is 5.87. The van der Waals surface area contributed by atoms with Crippen LogP contribution in [-0.4, -0.2) is 66.0 Å². The Labute approximate surface area is 173 Å². The van der Waals surface area contributed by atoms with Crippen LogP contribution in [0.1, 0.15) is 38.3 Å². The van der Waals surface area contributed by atoms with Crippen molar-refractivity contribution in [3.63, 3.8) is 0 Å². The molecule has 0 bridgehead atoms. The average molecular weight is 411 g/mol. The number of primary amides is 1. The Morgan fingerprint density at radius 3 is 2.68 bits per heavy atom. The molecule has 1 saturated heterocycles. The van der Waals surface area contributed by atoms with E-state index >= 15 is 0 Å². The third-order valence-corrected chi connectivity index (χ3v) is 5.51. The summed E-state index contributed by atoms with van der Waals surface area (Å²) < 4.78 is 2.05. The lowest BCUT2D eigenvalue weighted by Gasteiger charge is -2.30. The Kier molecular flexibility index (Phi) is 9.12. The second-order valence-electron chi connectivity index (χ2n) is 7.58. The van der Waals surface area contributed by atoms with Gasteiger partial charge < -0.3 is 25.4 Å². The van der Waals surface area contributed by atoms with Gasteiger partial charge in [0.05, 0.1) is 11.6 Å². The molecule has 1 aliphatic rings. The van der Waals surface area contributed by atoms with Gasteiger partial charge in [0, 0.05) is 45.0 Å². The molecule has 0 radical (unpaired) electrons. The van der Waals surface area contributed by atoms with E-state index in [0.717, 1.165) is 81.6 Å². The zero-order valence-electron chi connectivity index (χ0n) is 17.5. The molecule has 28 heavy (non-hydrogen) atoms. The number of rotatable bonds is 9. The molecule has 2 rings (SSSR count). The maximum atomic E-state index is 11.2. The molecule has 3 N–H and O–H groups in total. The number of halogens is 1. The third-order valence-electron chi connectivity index (χ3n) is 5.30. The molecular formula is C20H35ClN6O. The predicted molar refractivity (Wildman–Crippen MR) is 115 cm³/mol. The highest BCUT2D eigenvalue weighted by molar-refractivity contribution is 6.30. The van der Waals surface area contributed by atoms with Crippen LogP contribution in [0, 0.1) is 5.92 Å². The lowest BCUT2D eigenvalue weighted by molar-refractivity contribution is -0.123. The fourth-order valence-electron chi connectivity index (χ4n) is 3.58. The van der Waals surface area contributed by atoms with E-state index in [1.54, 1.807) is 0 Å². The van der Waals surface area contributed by atoms with Gasteiger partial charge in [-0.1, -0.05) is 11.6 Å². The number of carbonyl (C=O) groups is 1. The summed E-state index contributed by atoms with van der Waals surface area (Å²) in [6.45, 7) is 7.49. The van der Waals surface area contributed by atoms with E-state index in [9.17, 15) is 4.79 Å². The maximum Gasteiger partial charge on any atom is 0.220 e. The Morgan fingerprint density at radius 2 is 2.11 bits per heavy atom. The molecule has 0 aromatic carbocycles. The topological polar surface area (TPSA) is 78.9 Å². The lowest BCUT2D eigenvalue weighted by Crippen LogP contribution is -2.39. The van der Waals surface area contributed by atoms with E-state index in [1.165, 1.54) is 0 Å². The number of carbonyl (C=O) groups excluding carboxylic acids is 1. The molecule has 1 fully saturated rings. The summed E-state index contributed by atoms with van der Waals surface area (Å²) in [7, 11) is 4.05. The number of likely N-dealkylation sites (tertiary alicyclic amines) is 1. The normalized spacial score (nSPS) is 16.4. The molecule has 0 atom stereocenters. The van der Waals surface area contributed by atoms with Crippen molar-refractivity contribution in [3.05, 3.63) is 23.0 Å². The van der Waals surface area contributed by atoms with Crippen molar-refractivity contribution in [1.82, 2.24) is 19.7 Å². The van der Waals surface area contributed by atoms with Gasteiger partial charge in [0.25, 0.3) is 0 Å². The smallest absolute Gasteiger partial charge is 0.220 e. The van der Waals surface area contributed by atoms with Crippen LogP contribution in [-0.2, 0) is 18.4 Å². The van der Waals surface area contributed by atoms with Gasteiger partial charge in [0.2, 0.25) is 5.91 Å². The number of nitrogens with zero attached hydrogens (tertiary/aromatic N) is 4. The molecule has 1 aromatic heterocycles. The van der Waals surface area contributed by atoms with Crippen LogP contribution in [0.4, 0.5) is 0 Å². The molecule has 8 heteroatoms. The van der Waals surface area contributed by atoms with Crippen molar-refractivity contribution in [1.29, 1.82) is 0 Å². The van der Waals surface area contributed by atoms with Gasteiger partial charge in [-0.05, 0) is 58.3 Å². The van der Waals surface area contributed by atoms with Crippen molar-refractivity contribution in [3.8, 4) is 0 Å². The number of guanidine groups is 1. The first kappa shape index (κ1) is 22.6. The molecule has 0 aliphatic carbocycles. The van der Waals surface area contributed by atoms with E-state index in [4.69, 9.17) is 22.3 Å². The fourth-order valence-corrected chi connectivity index (χ4v) is 3.86. The zero-order valence-corrected chi connectivity index (χ0v) is 18.2. The molecule has 1 amide bonds. The van der Waals surface area contributed by atoms with E-state index in [-0.39, 0.29) is 11.8 Å². The standard InChI is InChI=1S/C20H35ClN6O/c1-4-23-20(26(3)15-18-13-17(21)14-25(18)2)24-9-5-6-10-27-11-7-16(8-12-27)19(22)28/h13-14,16H,4-12,15H2,1-3H3,(H2,22,28)(H,23,24). The zero-order chi connectivity index (χ0) is 20.5. The maximum absolute atomic E-state index is 11.2. The van der Waals surface area contributed by atoms with E-state index in [1.807, 2.05) is 30.9 Å². The van der Waals surface area contributed by atoms with E-state index in [2.05, 4.69) is 22.0 Å². The number of amides is 1. The van der Waals surface area contributed by atoms with Crippen LogP contribution < -0.4 is 11.1 Å². The van der Waals surface area contributed by atoms with Gasteiger partial charge in [-0.15, -0.1) is 0 Å². The van der Waals surface area contributed by atoms with Crippen LogP contribution >= 0.6 is 11.6 Å². The van der Waals surface area contributed by atoms with E-state index in [0.29, 0.717) is 0 Å². The minimum Gasteiger partial charge on any atom is -0.369 e. The first-order valence-electron chi connectivity index (χ1n) is 10.2. The highest BCUT2D eigenvalue weighted by Crippen LogP contribution is 2.17. The number of hydrogen-bond acceptors (Lipinski definition) is 3. The lowest BCUT2D eigenvalue weighted by atomic mass is 9.96. The van der Waals surface area contributed by atoms with Crippen molar-refractivity contribution in [2.45, 2.75) is 39.2 Å². The second-order valence-corrected chi connectivity index (χ2v) is 8.01. The molecule has 0 spiro atoms. The van der Waals surface area contributed by atoms with Crippen molar-refractivity contribution in [2.75, 3.05) is 39.8 Å². The van der Waals surface area contributed by atoms with Gasteiger partial charge in [0.15, 0.2) is 5.96 Å². The number of aromatic nitrogens is 1. The molecule has 1 aliphatic heterocycles. The number of aliphatic imine (C=N–C) groups is 1. The first-order valence-corrected chi connectivity index (χ1v) is 10.6. The Morgan fingerprint density at radius 1 is 1.39 bits per heavy atom. The summed E-state index contributed by atoms with van der Waals surface area (Å²) in [5.74, 6) is 0.840. The molecule has 1 aromatic rings. The number of piperidine rings is 1. The van der Waals surface area contributed by atoms with Gasteiger partial charge in [0.1, 0.15) is 0 Å². The molecule has 0 unspecified atom stereocenters. The minimum atomic E-state index is -0.147. The van der Waals surface area contributed by atoms with Crippen LogP contribution in [0.25, 0.3) is 0 Å². The van der Waals surface area contributed by atoms with Crippen molar-refractivity contribution >= 4 is 23.5 Å². The quantitative estimate of drug-likeness (QED) is 0.371. The molecule has 0 saturated carbocycles. The van der Waals surface area contributed by atoms with Crippen LogP contribution in [0.15, 0.2) is 17.3 Å². The van der Waals surface area contributed by atoms with Gasteiger partial charge in [-0.3, -0.25) is 9.79 Å². The van der Waals surface area contributed by atoms with Crippen LogP contribution in [0.3, 0.4) is 0 Å². The minimum absolute atomic E-state index is 0.0678. The third kappa shape index (κ3) is 7.02. The first-order chi connectivity index (χ1) is 13.4. The summed E-state index contributed by atoms with van der Waals surface area (Å²) in [5, 5.41) is 4.12. The summed E-state index contributed by atoms with van der Waals surface area (Å²) >= 11 is 6.08. The summed E-state index contributed by atoms with van der Waals surface area (Å²) in [5.41, 5.74) is 6.55. The Balaban J connectivity index is 1.73. The SMILES string of the molecule is CCNC(=NCCCCN1CCC(C(N)=O)CC1)N(C)Cc1cc(Cl)cn1C. The van der Waals surface area contributed by atoms with Crippen molar-refractivity contribution < 1.29 is 4.79 Å². The average Bonchev–Trinajstić information content (AvgIpc) is 2.97.